The molecule has 1 aliphatic rings. The van der Waals surface area contributed by atoms with E-state index in [-0.39, 0.29) is 18.4 Å². The van der Waals surface area contributed by atoms with Crippen LogP contribution in [0.2, 0.25) is 0 Å². The molecule has 0 fully saturated rings. The lowest BCUT2D eigenvalue weighted by Gasteiger charge is -2.26. The van der Waals surface area contributed by atoms with E-state index in [1.807, 2.05) is 13.8 Å². The van der Waals surface area contributed by atoms with Crippen molar-refractivity contribution in [3.8, 4) is 5.75 Å². The van der Waals surface area contributed by atoms with Gasteiger partial charge in [-0.25, -0.2) is 14.1 Å². The third-order valence-electron chi connectivity index (χ3n) is 2.64. The Hall–Kier alpha value is -1.12. The Labute approximate surface area is 118 Å². The molecular weight excluding hydrogens is 293 g/mol. The van der Waals surface area contributed by atoms with Crippen LogP contribution in [0.5, 0.6) is 5.75 Å². The average molecular weight is 310 g/mol. The first-order chi connectivity index (χ1) is 9.38. The van der Waals surface area contributed by atoms with Crippen LogP contribution in [0.4, 0.5) is 13.2 Å². The zero-order valence-corrected chi connectivity index (χ0v) is 12.0. The Bertz CT molecular complexity index is 480. The van der Waals surface area contributed by atoms with Crippen LogP contribution in [0.25, 0.3) is 0 Å². The molecule has 2 rings (SSSR count). The highest BCUT2D eigenvalue weighted by Crippen LogP contribution is 2.37. The molecule has 4 nitrogen and oxygen atoms in total. The van der Waals surface area contributed by atoms with E-state index in [1.54, 1.807) is 0 Å². The highest BCUT2D eigenvalue weighted by atomic mass is 32.2. The normalized spacial score (nSPS) is 19.2. The van der Waals surface area contributed by atoms with E-state index in [4.69, 9.17) is 9.88 Å². The van der Waals surface area contributed by atoms with Gasteiger partial charge in [-0.2, -0.15) is 13.2 Å². The van der Waals surface area contributed by atoms with Gasteiger partial charge in [0.25, 0.3) is 0 Å². The quantitative estimate of drug-likeness (QED) is 0.882. The van der Waals surface area contributed by atoms with Crippen LogP contribution in [-0.2, 0) is 17.3 Å². The first kappa shape index (κ1) is 16.9. The number of ether oxygens (including phenoxy) is 1. The van der Waals surface area contributed by atoms with Crippen LogP contribution >= 0.6 is 0 Å². The molecule has 0 spiro atoms. The van der Waals surface area contributed by atoms with Crippen LogP contribution in [0, 0.1) is 0 Å². The van der Waals surface area contributed by atoms with Crippen LogP contribution in [0.3, 0.4) is 0 Å². The molecule has 0 bridgehead atoms. The van der Waals surface area contributed by atoms with Crippen molar-refractivity contribution >= 4 is 11.2 Å². The van der Waals surface area contributed by atoms with Crippen molar-refractivity contribution in [2.45, 2.75) is 32.5 Å². The van der Waals surface area contributed by atoms with E-state index in [0.29, 0.717) is 12.0 Å². The number of hydrogen-bond acceptors (Lipinski definition) is 2. The fourth-order valence-electron chi connectivity index (χ4n) is 1.83. The van der Waals surface area contributed by atoms with Gasteiger partial charge in [-0.05, 0) is 12.1 Å². The summed E-state index contributed by atoms with van der Waals surface area (Å²) in [4.78, 5) is 0. The molecule has 1 aliphatic heterocycles. The average Bonchev–Trinajstić information content (AvgIpc) is 2.39. The molecule has 1 aromatic carbocycles. The van der Waals surface area contributed by atoms with Crippen molar-refractivity contribution in [3.63, 3.8) is 0 Å². The van der Waals surface area contributed by atoms with E-state index in [1.165, 1.54) is 6.07 Å². The van der Waals surface area contributed by atoms with E-state index in [0.717, 1.165) is 12.1 Å². The fourth-order valence-corrected chi connectivity index (χ4v) is 2.35. The Morgan fingerprint density at radius 1 is 1.40 bits per heavy atom. The first-order valence-corrected chi connectivity index (χ1v) is 7.35. The smallest absolute Gasteiger partial charge is 0.416 e. The lowest BCUT2D eigenvalue weighted by molar-refractivity contribution is -0.137. The van der Waals surface area contributed by atoms with Gasteiger partial charge in [0.2, 0.25) is 0 Å². The number of benzene rings is 1. The summed E-state index contributed by atoms with van der Waals surface area (Å²) in [7, 11) is 0. The predicted molar refractivity (Wildman–Crippen MR) is 71.1 cm³/mol. The van der Waals surface area contributed by atoms with Crippen LogP contribution in [0.1, 0.15) is 37.4 Å². The zero-order valence-electron chi connectivity index (χ0n) is 11.2. The van der Waals surface area contributed by atoms with Crippen LogP contribution in [0.15, 0.2) is 18.2 Å². The minimum Gasteiger partial charge on any atom is -0.493 e. The first-order valence-electron chi connectivity index (χ1n) is 6.14. The lowest BCUT2D eigenvalue weighted by Crippen LogP contribution is -2.32. The van der Waals surface area contributed by atoms with Crippen molar-refractivity contribution in [1.82, 2.24) is 4.72 Å². The van der Waals surface area contributed by atoms with Gasteiger partial charge in [0.1, 0.15) is 5.75 Å². The summed E-state index contributed by atoms with van der Waals surface area (Å²) in [5.74, 6) is 0.152. The van der Waals surface area contributed by atoms with Crippen LogP contribution in [-0.4, -0.2) is 10.8 Å². The number of nitrogens with two attached hydrogens (primary N) is 1. The molecule has 3 N–H and O–H groups in total. The summed E-state index contributed by atoms with van der Waals surface area (Å²) in [6.07, 6.45) is -3.91. The van der Waals surface area contributed by atoms with Gasteiger partial charge in [-0.3, -0.25) is 0 Å². The minimum absolute atomic E-state index is 0.152. The molecule has 0 saturated carbocycles. The van der Waals surface area contributed by atoms with Crippen molar-refractivity contribution < 1.29 is 22.1 Å². The monoisotopic (exact) mass is 310 g/mol. The SMILES string of the molecule is CC.NS(=O)NC1CCOc2cc(C(F)(F)F)ccc21. The van der Waals surface area contributed by atoms with Crippen molar-refractivity contribution in [1.29, 1.82) is 0 Å². The van der Waals surface area contributed by atoms with Crippen LogP contribution < -0.4 is 14.6 Å². The maximum Gasteiger partial charge on any atom is 0.416 e. The summed E-state index contributed by atoms with van der Waals surface area (Å²) >= 11 is -1.72. The van der Waals surface area contributed by atoms with Gasteiger partial charge in [0.15, 0.2) is 11.2 Å². The second-order valence-corrected chi connectivity index (χ2v) is 4.69. The highest BCUT2D eigenvalue weighted by molar-refractivity contribution is 7.80. The molecule has 1 heterocycles. The third kappa shape index (κ3) is 4.19. The van der Waals surface area contributed by atoms with Crippen molar-refractivity contribution in [2.75, 3.05) is 6.61 Å². The highest BCUT2D eigenvalue weighted by Gasteiger charge is 2.33. The molecule has 114 valence electrons. The standard InChI is InChI=1S/C10H11F3N2O2S.C2H6/c11-10(12,13)6-1-2-7-8(15-18(14)16)3-4-17-9(7)5-6;1-2/h1-2,5,8,15H,3-4,14H2;1-2H3. The summed E-state index contributed by atoms with van der Waals surface area (Å²) in [6, 6.07) is 2.88. The number of halogens is 3. The Balaban J connectivity index is 0.000000956. The predicted octanol–water partition coefficient (Wildman–Crippen LogP) is 2.68. The van der Waals surface area contributed by atoms with E-state index < -0.39 is 22.9 Å². The summed E-state index contributed by atoms with van der Waals surface area (Å²) in [6.45, 7) is 4.25. The van der Waals surface area contributed by atoms with Gasteiger partial charge in [-0.1, -0.05) is 19.9 Å². The molecule has 0 aliphatic carbocycles. The Morgan fingerprint density at radius 3 is 2.60 bits per heavy atom. The minimum atomic E-state index is -4.41. The number of alkyl halides is 3. The topological polar surface area (TPSA) is 64.4 Å². The molecule has 20 heavy (non-hydrogen) atoms. The molecule has 2 unspecified atom stereocenters. The number of nitrogens with one attached hydrogen (secondary N) is 1. The fraction of sp³-hybridized carbons (Fsp3) is 0.500. The molecule has 2 atom stereocenters. The van der Waals surface area contributed by atoms with Gasteiger partial charge in [-0.15, -0.1) is 0 Å². The summed E-state index contributed by atoms with van der Waals surface area (Å²) < 4.78 is 56.3. The second-order valence-electron chi connectivity index (χ2n) is 3.86. The van der Waals surface area contributed by atoms with E-state index in [9.17, 15) is 17.4 Å². The summed E-state index contributed by atoms with van der Waals surface area (Å²) in [5.41, 5.74) is -0.233. The maximum absolute atomic E-state index is 12.5. The third-order valence-corrected chi connectivity index (χ3v) is 3.16. The Kier molecular flexibility index (Phi) is 5.97. The largest absolute Gasteiger partial charge is 0.493 e. The molecule has 0 saturated heterocycles. The molecule has 0 radical (unpaired) electrons. The van der Waals surface area contributed by atoms with Gasteiger partial charge >= 0.3 is 6.18 Å². The molecule has 0 aromatic heterocycles. The number of fused-ring (bicyclic) bond motifs is 1. The van der Waals surface area contributed by atoms with Gasteiger partial charge in [0.05, 0.1) is 18.2 Å². The number of rotatable bonds is 2. The number of hydrogen-bond donors (Lipinski definition) is 2. The maximum atomic E-state index is 12.5. The Morgan fingerprint density at radius 2 is 2.05 bits per heavy atom. The zero-order chi connectivity index (χ0) is 15.3. The van der Waals surface area contributed by atoms with E-state index in [2.05, 4.69) is 4.72 Å². The van der Waals surface area contributed by atoms with E-state index >= 15 is 0 Å². The molecule has 8 heteroatoms. The van der Waals surface area contributed by atoms with Gasteiger partial charge in [0, 0.05) is 12.0 Å². The van der Waals surface area contributed by atoms with Crippen molar-refractivity contribution in [3.05, 3.63) is 29.3 Å². The molecular formula is C12H17F3N2O2S. The second kappa shape index (κ2) is 7.05. The van der Waals surface area contributed by atoms with Crippen molar-refractivity contribution in [2.24, 2.45) is 5.14 Å². The molecule has 0 amide bonds. The lowest BCUT2D eigenvalue weighted by atomic mass is 9.99. The molecule has 1 aromatic rings. The summed E-state index contributed by atoms with van der Waals surface area (Å²) in [5, 5.41) is 5.12. The van der Waals surface area contributed by atoms with Gasteiger partial charge < -0.3 is 4.74 Å².